The molecule has 10 heteroatoms. The van der Waals surface area contributed by atoms with Gasteiger partial charge in [0.25, 0.3) is 5.91 Å². The number of amides is 1. The van der Waals surface area contributed by atoms with Crippen LogP contribution in [0.4, 0.5) is 13.2 Å². The highest BCUT2D eigenvalue weighted by molar-refractivity contribution is 5.96. The minimum Gasteiger partial charge on any atom is -0.508 e. The molecule has 2 aromatic rings. The summed E-state index contributed by atoms with van der Waals surface area (Å²) >= 11 is 0. The molecule has 0 spiro atoms. The van der Waals surface area contributed by atoms with Crippen molar-refractivity contribution in [3.63, 3.8) is 0 Å². The van der Waals surface area contributed by atoms with Gasteiger partial charge >= 0.3 is 12.3 Å². The SMILES string of the molecule is C=CC[N@+]1(C)CC2(OC(C)=O)CCCCC2(c2cccc(O)c2)C[C@H]1NC(=O)C(=Cc1ccccc1)OC(F)(F)F. The van der Waals surface area contributed by atoms with Crippen molar-refractivity contribution in [2.24, 2.45) is 0 Å². The minimum absolute atomic E-state index is 0.0420. The van der Waals surface area contributed by atoms with E-state index >= 15 is 0 Å². The van der Waals surface area contributed by atoms with Crippen molar-refractivity contribution in [2.45, 2.75) is 62.6 Å². The molecule has 0 bridgehead atoms. The summed E-state index contributed by atoms with van der Waals surface area (Å²) < 4.78 is 50.7. The van der Waals surface area contributed by atoms with E-state index in [0.717, 1.165) is 24.5 Å². The lowest BCUT2D eigenvalue weighted by atomic mass is 9.55. The van der Waals surface area contributed by atoms with E-state index in [1.165, 1.54) is 6.92 Å². The number of hydrogen-bond acceptors (Lipinski definition) is 5. The number of ether oxygens (including phenoxy) is 2. The Balaban J connectivity index is 1.81. The zero-order chi connectivity index (χ0) is 29.9. The first-order valence-electron chi connectivity index (χ1n) is 13.6. The summed E-state index contributed by atoms with van der Waals surface area (Å²) in [5, 5.41) is 13.2. The van der Waals surface area contributed by atoms with Crippen LogP contribution in [0.25, 0.3) is 6.08 Å². The number of carbonyl (C=O) groups excluding carboxylic acids is 2. The van der Waals surface area contributed by atoms with Crippen LogP contribution < -0.4 is 5.32 Å². The quantitative estimate of drug-likeness (QED) is 0.142. The van der Waals surface area contributed by atoms with Gasteiger partial charge in [-0.2, -0.15) is 0 Å². The summed E-state index contributed by atoms with van der Waals surface area (Å²) in [7, 11) is 1.87. The molecule has 4 rings (SSSR count). The van der Waals surface area contributed by atoms with Gasteiger partial charge in [-0.1, -0.05) is 55.5 Å². The molecule has 1 saturated heterocycles. The molecule has 1 saturated carbocycles. The van der Waals surface area contributed by atoms with Crippen LogP contribution in [0.1, 0.15) is 50.2 Å². The maximum atomic E-state index is 13.5. The number of likely N-dealkylation sites (tertiary alicyclic amines) is 1. The number of quaternary nitrogens is 1. The number of benzene rings is 2. The Morgan fingerprint density at radius 2 is 1.85 bits per heavy atom. The molecule has 220 valence electrons. The molecular formula is C31H36F3N2O5+. The maximum Gasteiger partial charge on any atom is 0.573 e. The number of aromatic hydroxyl groups is 1. The van der Waals surface area contributed by atoms with E-state index < -0.39 is 41.2 Å². The summed E-state index contributed by atoms with van der Waals surface area (Å²) in [4.78, 5) is 26.1. The molecule has 1 heterocycles. The van der Waals surface area contributed by atoms with Gasteiger partial charge in [0, 0.05) is 18.8 Å². The maximum absolute atomic E-state index is 13.5. The molecule has 2 aromatic carbocycles. The normalized spacial score (nSPS) is 28.2. The fourth-order valence-corrected chi connectivity index (χ4v) is 6.73. The smallest absolute Gasteiger partial charge is 0.508 e. The highest BCUT2D eigenvalue weighted by Crippen LogP contribution is 2.56. The molecule has 7 nitrogen and oxygen atoms in total. The standard InChI is InChI=1S/C31H35F3N2O5/c1-4-17-36(3)21-30(40-22(2)37)16-9-8-15-29(30,24-13-10-14-25(38)19-24)20-27(36)35-28(39)26(41-31(32,33)34)18-23-11-6-5-7-12-23/h4-7,10-14,18-19,27H,1,8-9,15-17,20-21H2,2-3H3,(H-,35,38,39)/p+1/t27-,29?,30?,36+/m0/s1. The molecule has 2 fully saturated rings. The summed E-state index contributed by atoms with van der Waals surface area (Å²) in [5.41, 5.74) is -0.684. The van der Waals surface area contributed by atoms with Crippen molar-refractivity contribution < 1.29 is 41.8 Å². The molecular weight excluding hydrogens is 537 g/mol. The van der Waals surface area contributed by atoms with Gasteiger partial charge in [0.15, 0.2) is 17.5 Å². The summed E-state index contributed by atoms with van der Waals surface area (Å²) in [6.07, 6.45) is -0.0507. The predicted molar refractivity (Wildman–Crippen MR) is 147 cm³/mol. The van der Waals surface area contributed by atoms with Crippen LogP contribution in [0, 0.1) is 0 Å². The first kappa shape index (κ1) is 30.2. The zero-order valence-electron chi connectivity index (χ0n) is 23.2. The third-order valence-corrected chi connectivity index (χ3v) is 8.35. The summed E-state index contributed by atoms with van der Waals surface area (Å²) in [6, 6.07) is 14.9. The van der Waals surface area contributed by atoms with Crippen molar-refractivity contribution in [3.8, 4) is 5.75 Å². The number of nitrogens with zero attached hydrogens (tertiary/aromatic N) is 1. The summed E-state index contributed by atoms with van der Waals surface area (Å²) in [5.74, 6) is -2.32. The average molecular weight is 574 g/mol. The fraction of sp³-hybridized carbons (Fsp3) is 0.419. The molecule has 1 aliphatic carbocycles. The Kier molecular flexibility index (Phi) is 8.54. The van der Waals surface area contributed by atoms with E-state index in [9.17, 15) is 27.9 Å². The molecule has 2 aliphatic rings. The van der Waals surface area contributed by atoms with Crippen LogP contribution in [-0.2, 0) is 24.5 Å². The van der Waals surface area contributed by atoms with Crippen molar-refractivity contribution in [1.29, 1.82) is 0 Å². The number of esters is 1. The number of phenols is 1. The van der Waals surface area contributed by atoms with E-state index in [-0.39, 0.29) is 23.2 Å². The molecule has 41 heavy (non-hydrogen) atoms. The minimum atomic E-state index is -5.08. The highest BCUT2D eigenvalue weighted by Gasteiger charge is 2.66. The van der Waals surface area contributed by atoms with Gasteiger partial charge in [-0.05, 0) is 54.7 Å². The second kappa shape index (κ2) is 11.6. The Hall–Kier alpha value is -3.79. The van der Waals surface area contributed by atoms with E-state index in [1.807, 2.05) is 13.1 Å². The molecule has 0 aromatic heterocycles. The van der Waals surface area contributed by atoms with Gasteiger partial charge in [0.05, 0.1) is 13.6 Å². The number of phenolic OH excluding ortho intramolecular Hbond substituents is 1. The van der Waals surface area contributed by atoms with Gasteiger partial charge in [0.1, 0.15) is 12.3 Å². The van der Waals surface area contributed by atoms with E-state index in [2.05, 4.69) is 16.6 Å². The van der Waals surface area contributed by atoms with Crippen LogP contribution in [0.3, 0.4) is 0 Å². The number of halogens is 3. The second-order valence-corrected chi connectivity index (χ2v) is 11.2. The van der Waals surface area contributed by atoms with Crippen LogP contribution in [0.15, 0.2) is 73.0 Å². The molecule has 1 aliphatic heterocycles. The Morgan fingerprint density at radius 1 is 1.15 bits per heavy atom. The summed E-state index contributed by atoms with van der Waals surface area (Å²) in [6.45, 7) is 5.86. The van der Waals surface area contributed by atoms with E-state index in [1.54, 1.807) is 54.6 Å². The Morgan fingerprint density at radius 3 is 2.49 bits per heavy atom. The van der Waals surface area contributed by atoms with Crippen molar-refractivity contribution in [2.75, 3.05) is 20.1 Å². The first-order chi connectivity index (χ1) is 19.3. The number of nitrogens with one attached hydrogen (secondary N) is 1. The molecule has 4 atom stereocenters. The monoisotopic (exact) mass is 573 g/mol. The number of hydrogen-bond donors (Lipinski definition) is 2. The highest BCUT2D eigenvalue weighted by atomic mass is 19.4. The molecule has 1 amide bonds. The van der Waals surface area contributed by atoms with Gasteiger partial charge in [0.2, 0.25) is 0 Å². The van der Waals surface area contributed by atoms with Crippen LogP contribution in [-0.4, -0.2) is 59.7 Å². The lowest BCUT2D eigenvalue weighted by Crippen LogP contribution is -2.76. The third-order valence-electron chi connectivity index (χ3n) is 8.35. The molecule has 0 radical (unpaired) electrons. The number of carbonyl (C=O) groups is 2. The average Bonchev–Trinajstić information content (AvgIpc) is 2.88. The third kappa shape index (κ3) is 6.43. The van der Waals surface area contributed by atoms with E-state index in [0.29, 0.717) is 24.9 Å². The lowest BCUT2D eigenvalue weighted by molar-refractivity contribution is -0.944. The number of piperidine rings is 1. The fourth-order valence-electron chi connectivity index (χ4n) is 6.73. The second-order valence-electron chi connectivity index (χ2n) is 11.2. The Bertz CT molecular complexity index is 1310. The Labute approximate surface area is 237 Å². The van der Waals surface area contributed by atoms with Crippen molar-refractivity contribution in [3.05, 3.63) is 84.1 Å². The molecule has 2 N–H and O–H groups in total. The largest absolute Gasteiger partial charge is 0.573 e. The van der Waals surface area contributed by atoms with Gasteiger partial charge in [-0.25, -0.2) is 0 Å². The number of alkyl halides is 3. The number of rotatable bonds is 8. The number of likely N-dealkylation sites (N-methyl/N-ethyl adjacent to an activating group) is 1. The van der Waals surface area contributed by atoms with Crippen molar-refractivity contribution >= 4 is 18.0 Å². The van der Waals surface area contributed by atoms with Crippen molar-refractivity contribution in [1.82, 2.24) is 5.32 Å². The van der Waals surface area contributed by atoms with Crippen LogP contribution >= 0.6 is 0 Å². The van der Waals surface area contributed by atoms with Gasteiger partial charge in [-0.15, -0.1) is 13.2 Å². The number of fused-ring (bicyclic) bond motifs is 1. The van der Waals surface area contributed by atoms with Crippen LogP contribution in [0.5, 0.6) is 5.75 Å². The van der Waals surface area contributed by atoms with Gasteiger partial charge < -0.3 is 14.6 Å². The molecule has 2 unspecified atom stereocenters. The topological polar surface area (TPSA) is 84.9 Å². The first-order valence-corrected chi connectivity index (χ1v) is 13.6. The zero-order valence-corrected chi connectivity index (χ0v) is 23.2. The van der Waals surface area contributed by atoms with Gasteiger partial charge in [-0.3, -0.25) is 19.4 Å². The predicted octanol–water partition coefficient (Wildman–Crippen LogP) is 5.56. The van der Waals surface area contributed by atoms with E-state index in [4.69, 9.17) is 4.74 Å². The lowest BCUT2D eigenvalue weighted by Gasteiger charge is -2.61. The van der Waals surface area contributed by atoms with Crippen LogP contribution in [0.2, 0.25) is 0 Å².